The molecule has 0 atom stereocenters. The number of benzene rings is 2. The molecule has 1 aliphatic rings. The van der Waals surface area contributed by atoms with E-state index in [0.29, 0.717) is 27.5 Å². The SMILES string of the molecule is COC(=O)CC#Cc1ccc2c3c(cccc13)C(=O)OC2=O. The summed E-state index contributed by atoms with van der Waals surface area (Å²) < 4.78 is 9.22. The van der Waals surface area contributed by atoms with Gasteiger partial charge in [0.1, 0.15) is 6.42 Å². The van der Waals surface area contributed by atoms with Crippen LogP contribution in [0.1, 0.15) is 32.7 Å². The van der Waals surface area contributed by atoms with Crippen molar-refractivity contribution in [2.24, 2.45) is 0 Å². The number of ether oxygens (including phenoxy) is 2. The second-order valence-electron chi connectivity index (χ2n) is 4.62. The van der Waals surface area contributed by atoms with Crippen molar-refractivity contribution in [1.29, 1.82) is 0 Å². The third-order valence-electron chi connectivity index (χ3n) is 3.35. The first kappa shape index (κ1) is 13.8. The van der Waals surface area contributed by atoms with Crippen LogP contribution in [-0.2, 0) is 14.3 Å². The number of hydrogen-bond acceptors (Lipinski definition) is 5. The van der Waals surface area contributed by atoms with Crippen molar-refractivity contribution in [3.8, 4) is 11.8 Å². The zero-order valence-corrected chi connectivity index (χ0v) is 11.6. The molecule has 0 saturated carbocycles. The van der Waals surface area contributed by atoms with Crippen LogP contribution in [0.15, 0.2) is 30.3 Å². The van der Waals surface area contributed by atoms with E-state index >= 15 is 0 Å². The molecule has 22 heavy (non-hydrogen) atoms. The van der Waals surface area contributed by atoms with Crippen LogP contribution in [0.2, 0.25) is 0 Å². The van der Waals surface area contributed by atoms with Gasteiger partial charge in [-0.1, -0.05) is 24.0 Å². The van der Waals surface area contributed by atoms with Crippen molar-refractivity contribution in [2.75, 3.05) is 7.11 Å². The van der Waals surface area contributed by atoms with Gasteiger partial charge >= 0.3 is 17.9 Å². The predicted octanol–water partition coefficient (Wildman–Crippen LogP) is 2.06. The Hall–Kier alpha value is -3.13. The number of methoxy groups -OCH3 is 1. The number of esters is 3. The number of rotatable bonds is 1. The normalized spacial score (nSPS) is 12.4. The molecular weight excluding hydrogens is 284 g/mol. The Morgan fingerprint density at radius 1 is 1.14 bits per heavy atom. The Labute approximate surface area is 125 Å². The van der Waals surface area contributed by atoms with Crippen molar-refractivity contribution >= 4 is 28.7 Å². The average Bonchev–Trinajstić information content (AvgIpc) is 2.53. The van der Waals surface area contributed by atoms with E-state index in [9.17, 15) is 14.4 Å². The summed E-state index contributed by atoms with van der Waals surface area (Å²) in [6.45, 7) is 0. The molecule has 5 heteroatoms. The smallest absolute Gasteiger partial charge is 0.346 e. The minimum atomic E-state index is -0.664. The average molecular weight is 294 g/mol. The highest BCUT2D eigenvalue weighted by Gasteiger charge is 2.27. The number of carbonyl (C=O) groups is 3. The Morgan fingerprint density at radius 2 is 1.86 bits per heavy atom. The van der Waals surface area contributed by atoms with Crippen LogP contribution in [-0.4, -0.2) is 25.0 Å². The van der Waals surface area contributed by atoms with Gasteiger partial charge in [0.2, 0.25) is 0 Å². The van der Waals surface area contributed by atoms with Crippen molar-refractivity contribution < 1.29 is 23.9 Å². The quantitative estimate of drug-likeness (QED) is 0.457. The molecule has 2 aromatic carbocycles. The number of cyclic esters (lactones) is 2. The second kappa shape index (κ2) is 5.34. The van der Waals surface area contributed by atoms with Gasteiger partial charge in [-0.05, 0) is 23.6 Å². The molecule has 0 aromatic heterocycles. The maximum Gasteiger partial charge on any atom is 0.346 e. The van der Waals surface area contributed by atoms with Crippen LogP contribution in [0, 0.1) is 11.8 Å². The lowest BCUT2D eigenvalue weighted by molar-refractivity contribution is -0.139. The number of hydrogen-bond donors (Lipinski definition) is 0. The summed E-state index contributed by atoms with van der Waals surface area (Å²) in [5, 5.41) is 1.21. The molecule has 0 bridgehead atoms. The summed E-state index contributed by atoms with van der Waals surface area (Å²) in [7, 11) is 1.30. The van der Waals surface area contributed by atoms with E-state index < -0.39 is 17.9 Å². The van der Waals surface area contributed by atoms with Gasteiger partial charge in [0.15, 0.2) is 0 Å². The fourth-order valence-electron chi connectivity index (χ4n) is 2.33. The zero-order chi connectivity index (χ0) is 15.7. The molecule has 1 aliphatic heterocycles. The molecule has 5 nitrogen and oxygen atoms in total. The molecular formula is C17H10O5. The molecule has 0 saturated heterocycles. The highest BCUT2D eigenvalue weighted by atomic mass is 16.6. The largest absolute Gasteiger partial charge is 0.468 e. The molecule has 0 radical (unpaired) electrons. The summed E-state index contributed by atoms with van der Waals surface area (Å²) in [5.41, 5.74) is 1.31. The van der Waals surface area contributed by atoms with Crippen molar-refractivity contribution in [2.45, 2.75) is 6.42 Å². The van der Waals surface area contributed by atoms with Crippen molar-refractivity contribution in [3.05, 3.63) is 47.0 Å². The fraction of sp³-hybridized carbons (Fsp3) is 0.118. The van der Waals surface area contributed by atoms with Crippen molar-refractivity contribution in [3.63, 3.8) is 0 Å². The maximum absolute atomic E-state index is 11.8. The van der Waals surface area contributed by atoms with E-state index in [0.717, 1.165) is 0 Å². The monoisotopic (exact) mass is 294 g/mol. The van der Waals surface area contributed by atoms with Gasteiger partial charge in [-0.25, -0.2) is 9.59 Å². The van der Waals surface area contributed by atoms with Crippen LogP contribution in [0.3, 0.4) is 0 Å². The van der Waals surface area contributed by atoms with E-state index in [1.54, 1.807) is 30.3 Å². The Balaban J connectivity index is 2.16. The van der Waals surface area contributed by atoms with E-state index in [4.69, 9.17) is 4.74 Å². The molecule has 0 fully saturated rings. The topological polar surface area (TPSA) is 69.7 Å². The first-order valence-corrected chi connectivity index (χ1v) is 6.49. The van der Waals surface area contributed by atoms with E-state index in [2.05, 4.69) is 16.6 Å². The van der Waals surface area contributed by atoms with Gasteiger partial charge in [0.25, 0.3) is 0 Å². The highest BCUT2D eigenvalue weighted by molar-refractivity contribution is 6.21. The number of carbonyl (C=O) groups excluding carboxylic acids is 3. The second-order valence-corrected chi connectivity index (χ2v) is 4.62. The minimum Gasteiger partial charge on any atom is -0.468 e. The lowest BCUT2D eigenvalue weighted by Gasteiger charge is -2.15. The first-order valence-electron chi connectivity index (χ1n) is 6.49. The first-order chi connectivity index (χ1) is 10.6. The van der Waals surface area contributed by atoms with Crippen LogP contribution < -0.4 is 0 Å². The molecule has 0 aliphatic carbocycles. The third-order valence-corrected chi connectivity index (χ3v) is 3.35. The summed E-state index contributed by atoms with van der Waals surface area (Å²) in [6.07, 6.45) is -0.0274. The van der Waals surface area contributed by atoms with Crippen LogP contribution in [0.4, 0.5) is 0 Å². The fourth-order valence-corrected chi connectivity index (χ4v) is 2.33. The molecule has 0 unspecified atom stereocenters. The Kier molecular flexibility index (Phi) is 3.36. The molecule has 2 aromatic rings. The van der Waals surface area contributed by atoms with E-state index in [1.165, 1.54) is 7.11 Å². The third kappa shape index (κ3) is 2.21. The summed E-state index contributed by atoms with van der Waals surface area (Å²) >= 11 is 0. The lowest BCUT2D eigenvalue weighted by atomic mass is 9.94. The molecule has 0 amide bonds. The van der Waals surface area contributed by atoms with E-state index in [1.807, 2.05) is 0 Å². The molecule has 1 heterocycles. The van der Waals surface area contributed by atoms with Gasteiger partial charge in [0, 0.05) is 10.9 Å². The molecule has 0 spiro atoms. The molecule has 108 valence electrons. The standard InChI is InChI=1S/C17H10O5/c1-21-14(18)7-2-4-10-8-9-13-15-11(10)5-3-6-12(15)16(19)22-17(13)20/h3,5-6,8-9H,7H2,1H3. The molecule has 0 N–H and O–H groups in total. The van der Waals surface area contributed by atoms with Gasteiger partial charge in [-0.2, -0.15) is 0 Å². The minimum absolute atomic E-state index is 0.0274. The van der Waals surface area contributed by atoms with Gasteiger partial charge < -0.3 is 9.47 Å². The van der Waals surface area contributed by atoms with Crippen molar-refractivity contribution in [1.82, 2.24) is 0 Å². The predicted molar refractivity (Wildman–Crippen MR) is 77.2 cm³/mol. The van der Waals surface area contributed by atoms with Gasteiger partial charge in [-0.15, -0.1) is 0 Å². The summed E-state index contributed by atoms with van der Waals surface area (Å²) in [6, 6.07) is 8.32. The Bertz CT molecular complexity index is 863. The Morgan fingerprint density at radius 3 is 2.59 bits per heavy atom. The van der Waals surface area contributed by atoms with Gasteiger partial charge in [0.05, 0.1) is 18.2 Å². The summed E-state index contributed by atoms with van der Waals surface area (Å²) in [5.74, 6) is 3.84. The van der Waals surface area contributed by atoms with Gasteiger partial charge in [-0.3, -0.25) is 4.79 Å². The van der Waals surface area contributed by atoms with Crippen LogP contribution in [0.5, 0.6) is 0 Å². The highest BCUT2D eigenvalue weighted by Crippen LogP contribution is 2.30. The maximum atomic E-state index is 11.8. The lowest BCUT2D eigenvalue weighted by Crippen LogP contribution is -2.19. The molecule has 3 rings (SSSR count). The summed E-state index contributed by atoms with van der Waals surface area (Å²) in [4.78, 5) is 34.7. The van der Waals surface area contributed by atoms with Crippen LogP contribution in [0.25, 0.3) is 10.8 Å². The zero-order valence-electron chi connectivity index (χ0n) is 11.6. The van der Waals surface area contributed by atoms with E-state index in [-0.39, 0.29) is 6.42 Å². The van der Waals surface area contributed by atoms with Crippen LogP contribution >= 0.6 is 0 Å².